The fraction of sp³-hybridized carbons (Fsp3) is 0.133. The molecule has 11 heteroatoms. The number of carbonyl (C=O) groups excluding carboxylic acids is 2. The Balaban J connectivity index is 1.45. The zero-order chi connectivity index (χ0) is 29.2. The predicted molar refractivity (Wildman–Crippen MR) is 158 cm³/mol. The fourth-order valence-electron chi connectivity index (χ4n) is 3.95. The first kappa shape index (κ1) is 29.0. The Morgan fingerprint density at radius 2 is 1.44 bits per heavy atom. The van der Waals surface area contributed by atoms with Gasteiger partial charge in [0.05, 0.1) is 12.8 Å². The van der Waals surface area contributed by atoms with Crippen molar-refractivity contribution in [3.63, 3.8) is 0 Å². The number of rotatable bonds is 11. The minimum absolute atomic E-state index is 0.139. The molecule has 3 N–H and O–H groups in total. The molecule has 212 valence electrons. The molecule has 0 radical (unpaired) electrons. The minimum atomic E-state index is -4.35. The quantitative estimate of drug-likeness (QED) is 0.238. The maximum absolute atomic E-state index is 13.5. The first-order valence-corrected chi connectivity index (χ1v) is 14.1. The molecule has 0 aromatic heterocycles. The second kappa shape index (κ2) is 13.4. The highest BCUT2D eigenvalue weighted by atomic mass is 32.2. The third-order valence-corrected chi connectivity index (χ3v) is 6.93. The average molecular weight is 575 g/mol. The van der Waals surface area contributed by atoms with E-state index in [1.807, 2.05) is 53.3 Å². The Bertz CT molecular complexity index is 1570. The lowest BCUT2D eigenvalue weighted by Gasteiger charge is -2.25. The third-order valence-electron chi connectivity index (χ3n) is 5.97. The van der Waals surface area contributed by atoms with Gasteiger partial charge in [0.2, 0.25) is 5.91 Å². The molecule has 0 bridgehead atoms. The van der Waals surface area contributed by atoms with Gasteiger partial charge in [0, 0.05) is 25.2 Å². The molecule has 0 aliphatic carbocycles. The van der Waals surface area contributed by atoms with Gasteiger partial charge >= 0.3 is 16.2 Å². The number of hydrogen-bond donors (Lipinski definition) is 3. The van der Waals surface area contributed by atoms with Crippen LogP contribution in [-0.4, -0.2) is 40.6 Å². The summed E-state index contributed by atoms with van der Waals surface area (Å²) in [7, 11) is -1.24. The van der Waals surface area contributed by atoms with Crippen molar-refractivity contribution in [2.45, 2.75) is 12.5 Å². The second-order valence-electron chi connectivity index (χ2n) is 8.96. The van der Waals surface area contributed by atoms with E-state index < -0.39 is 28.2 Å². The van der Waals surface area contributed by atoms with Crippen molar-refractivity contribution in [2.75, 3.05) is 23.8 Å². The van der Waals surface area contributed by atoms with E-state index >= 15 is 0 Å². The number of para-hydroxylation sites is 1. The molecule has 0 fully saturated rings. The van der Waals surface area contributed by atoms with Crippen molar-refractivity contribution >= 4 is 33.5 Å². The summed E-state index contributed by atoms with van der Waals surface area (Å²) in [5, 5.41) is 2.51. The van der Waals surface area contributed by atoms with Crippen LogP contribution in [0, 0.1) is 0 Å². The molecule has 1 atom stereocenters. The molecule has 3 amide bonds. The van der Waals surface area contributed by atoms with Crippen molar-refractivity contribution in [1.29, 1.82) is 0 Å². The molecule has 1 unspecified atom stereocenters. The molecule has 10 nitrogen and oxygen atoms in total. The number of ether oxygens (including phenoxy) is 2. The molecule has 4 aromatic rings. The van der Waals surface area contributed by atoms with Gasteiger partial charge in [-0.05, 0) is 54.1 Å². The maximum Gasteiger partial charge on any atom is 0.330 e. The largest absolute Gasteiger partial charge is 0.497 e. The van der Waals surface area contributed by atoms with E-state index in [-0.39, 0.29) is 12.1 Å². The lowest BCUT2D eigenvalue weighted by Crippen LogP contribution is -2.53. The van der Waals surface area contributed by atoms with E-state index in [2.05, 4.69) is 10.0 Å². The summed E-state index contributed by atoms with van der Waals surface area (Å²) in [5.41, 5.74) is 1.53. The number of anilines is 2. The van der Waals surface area contributed by atoms with E-state index in [1.54, 1.807) is 62.7 Å². The van der Waals surface area contributed by atoms with Gasteiger partial charge in [-0.25, -0.2) is 9.52 Å². The predicted octanol–water partition coefficient (Wildman–Crippen LogP) is 4.72. The van der Waals surface area contributed by atoms with Crippen LogP contribution in [0.3, 0.4) is 0 Å². The van der Waals surface area contributed by atoms with Crippen LogP contribution < -0.4 is 29.1 Å². The Labute approximate surface area is 239 Å². The number of hydrogen-bond acceptors (Lipinski definition) is 6. The molecule has 0 saturated carbocycles. The lowest BCUT2D eigenvalue weighted by atomic mass is 10.0. The van der Waals surface area contributed by atoms with Gasteiger partial charge in [0.25, 0.3) is 0 Å². The molecule has 0 saturated heterocycles. The van der Waals surface area contributed by atoms with E-state index in [0.717, 1.165) is 5.56 Å². The van der Waals surface area contributed by atoms with Crippen LogP contribution in [0.15, 0.2) is 109 Å². The number of methoxy groups -OCH3 is 1. The highest BCUT2D eigenvalue weighted by Gasteiger charge is 2.27. The first-order valence-electron chi connectivity index (χ1n) is 12.6. The van der Waals surface area contributed by atoms with Gasteiger partial charge in [-0.1, -0.05) is 54.6 Å². The van der Waals surface area contributed by atoms with Crippen molar-refractivity contribution in [1.82, 2.24) is 10.0 Å². The van der Waals surface area contributed by atoms with Crippen LogP contribution in [0.2, 0.25) is 0 Å². The van der Waals surface area contributed by atoms with E-state index in [9.17, 15) is 18.0 Å². The molecule has 4 aromatic carbocycles. The first-order chi connectivity index (χ1) is 19.7. The second-order valence-corrected chi connectivity index (χ2v) is 10.4. The van der Waals surface area contributed by atoms with Gasteiger partial charge in [0.15, 0.2) is 0 Å². The molecular weight excluding hydrogens is 544 g/mol. The average Bonchev–Trinajstić information content (AvgIpc) is 2.97. The monoisotopic (exact) mass is 574 g/mol. The van der Waals surface area contributed by atoms with Gasteiger partial charge in [0.1, 0.15) is 23.3 Å². The Morgan fingerprint density at radius 3 is 2.10 bits per heavy atom. The Hall–Kier alpha value is -5.03. The van der Waals surface area contributed by atoms with Crippen molar-refractivity contribution in [2.24, 2.45) is 0 Å². The van der Waals surface area contributed by atoms with Gasteiger partial charge < -0.3 is 19.7 Å². The maximum atomic E-state index is 13.5. The highest BCUT2D eigenvalue weighted by Crippen LogP contribution is 2.24. The number of likely N-dealkylation sites (N-methyl/N-ethyl adjacent to an activating group) is 1. The van der Waals surface area contributed by atoms with Crippen molar-refractivity contribution in [3.05, 3.63) is 115 Å². The topological polar surface area (TPSA) is 126 Å². The molecule has 0 spiro atoms. The molecule has 0 aliphatic rings. The number of nitrogens with zero attached hydrogens (tertiary/aromatic N) is 1. The lowest BCUT2D eigenvalue weighted by molar-refractivity contribution is -0.120. The number of benzene rings is 4. The van der Waals surface area contributed by atoms with E-state index in [1.165, 1.54) is 17.0 Å². The van der Waals surface area contributed by atoms with Crippen LogP contribution in [0.1, 0.15) is 5.56 Å². The minimum Gasteiger partial charge on any atom is -0.497 e. The summed E-state index contributed by atoms with van der Waals surface area (Å²) < 4.78 is 40.7. The van der Waals surface area contributed by atoms with E-state index in [4.69, 9.17) is 9.47 Å². The zero-order valence-electron chi connectivity index (χ0n) is 22.5. The zero-order valence-corrected chi connectivity index (χ0v) is 23.3. The number of urea groups is 1. The number of amides is 3. The van der Waals surface area contributed by atoms with Crippen LogP contribution in [0.5, 0.6) is 17.2 Å². The molecule has 41 heavy (non-hydrogen) atoms. The van der Waals surface area contributed by atoms with Gasteiger partial charge in [-0.2, -0.15) is 8.42 Å². The smallest absolute Gasteiger partial charge is 0.330 e. The summed E-state index contributed by atoms with van der Waals surface area (Å²) in [4.78, 5) is 27.7. The number of carbonyl (C=O) groups is 2. The molecule has 4 rings (SSSR count). The SMILES string of the molecule is COc1ccc(N(C)C(=O)C(Cc2ccccc2)NC(=O)NS(=O)(=O)Nc2cccc(Oc3ccccc3)c2)cc1. The van der Waals surface area contributed by atoms with Gasteiger partial charge in [-0.15, -0.1) is 0 Å². The summed E-state index contributed by atoms with van der Waals surface area (Å²) >= 11 is 0. The summed E-state index contributed by atoms with van der Waals surface area (Å²) in [6, 6.07) is 29.1. The van der Waals surface area contributed by atoms with Crippen LogP contribution in [0.25, 0.3) is 0 Å². The normalized spacial score (nSPS) is 11.6. The van der Waals surface area contributed by atoms with Crippen LogP contribution >= 0.6 is 0 Å². The molecule has 0 aliphatic heterocycles. The summed E-state index contributed by atoms with van der Waals surface area (Å²) in [5.74, 6) is 1.17. The summed E-state index contributed by atoms with van der Waals surface area (Å²) in [6.45, 7) is 0. The Morgan fingerprint density at radius 1 is 0.805 bits per heavy atom. The van der Waals surface area contributed by atoms with Gasteiger partial charge in [-0.3, -0.25) is 9.52 Å². The summed E-state index contributed by atoms with van der Waals surface area (Å²) in [6.07, 6.45) is 0.139. The van der Waals surface area contributed by atoms with Crippen LogP contribution in [-0.2, 0) is 21.4 Å². The highest BCUT2D eigenvalue weighted by molar-refractivity contribution is 7.91. The standard InChI is InChI=1S/C30H30N4O6S/c1-34(24-16-18-25(39-2)19-17-24)29(35)28(20-22-10-5-3-6-11-22)31-30(36)33-41(37,38)32-23-12-9-15-27(21-23)40-26-13-7-4-8-14-26/h3-19,21,28,32H,20H2,1-2H3,(H2,31,33,36). The van der Waals surface area contributed by atoms with Crippen LogP contribution in [0.4, 0.5) is 16.2 Å². The Kier molecular flexibility index (Phi) is 9.43. The molecule has 0 heterocycles. The third kappa shape index (κ3) is 8.48. The van der Waals surface area contributed by atoms with Crippen molar-refractivity contribution in [3.8, 4) is 17.2 Å². The van der Waals surface area contributed by atoms with Crippen molar-refractivity contribution < 1.29 is 27.5 Å². The fourth-order valence-corrected chi connectivity index (χ4v) is 4.75. The molecular formula is C30H30N4O6S. The number of nitrogens with one attached hydrogen (secondary N) is 3. The van der Waals surface area contributed by atoms with E-state index in [0.29, 0.717) is 22.9 Å².